The Bertz CT molecular complexity index is 797. The molecule has 0 radical (unpaired) electrons. The molecule has 5 rings (SSSR count). The summed E-state index contributed by atoms with van der Waals surface area (Å²) in [4.78, 5) is 9.75. The van der Waals surface area contributed by atoms with E-state index >= 15 is 0 Å². The van der Waals surface area contributed by atoms with Gasteiger partial charge in [-0.3, -0.25) is 4.68 Å². The van der Waals surface area contributed by atoms with Crippen molar-refractivity contribution in [2.75, 3.05) is 18.5 Å². The van der Waals surface area contributed by atoms with Gasteiger partial charge in [-0.2, -0.15) is 5.10 Å². The monoisotopic (exact) mass is 353 g/mol. The first-order chi connectivity index (χ1) is 12.8. The molecular weight excluding hydrogens is 326 g/mol. The maximum Gasteiger partial charge on any atom is 0.134 e. The maximum absolute atomic E-state index is 6.07. The Morgan fingerprint density at radius 3 is 3.00 bits per heavy atom. The van der Waals surface area contributed by atoms with Crippen molar-refractivity contribution >= 4 is 5.82 Å². The molecule has 2 fully saturated rings. The molecule has 2 aromatic heterocycles. The van der Waals surface area contributed by atoms with Crippen LogP contribution in [0, 0.1) is 5.92 Å². The lowest BCUT2D eigenvalue weighted by molar-refractivity contribution is 0.0858. The fourth-order valence-electron chi connectivity index (χ4n) is 4.37. The van der Waals surface area contributed by atoms with Crippen LogP contribution >= 0.6 is 0 Å². The van der Waals surface area contributed by atoms with E-state index < -0.39 is 0 Å². The van der Waals surface area contributed by atoms with Crippen molar-refractivity contribution in [3.05, 3.63) is 35.0 Å². The Kier molecular flexibility index (Phi) is 4.15. The first kappa shape index (κ1) is 16.2. The SMILES string of the molecule is CCn1nccc1[C@@H]1OCC[C@H]1CNc1nc(C2CC2)nc2c1CCC2. The van der Waals surface area contributed by atoms with Gasteiger partial charge in [0.1, 0.15) is 17.7 Å². The van der Waals surface area contributed by atoms with Gasteiger partial charge >= 0.3 is 0 Å². The van der Waals surface area contributed by atoms with Crippen LogP contribution in [0.15, 0.2) is 12.3 Å². The van der Waals surface area contributed by atoms with E-state index in [1.54, 1.807) is 0 Å². The smallest absolute Gasteiger partial charge is 0.134 e. The zero-order valence-corrected chi connectivity index (χ0v) is 15.4. The van der Waals surface area contributed by atoms with Crippen LogP contribution in [0.2, 0.25) is 0 Å². The summed E-state index contributed by atoms with van der Waals surface area (Å²) in [5, 5.41) is 8.09. The van der Waals surface area contributed by atoms with Gasteiger partial charge in [0.15, 0.2) is 0 Å². The predicted molar refractivity (Wildman–Crippen MR) is 99.2 cm³/mol. The van der Waals surface area contributed by atoms with E-state index in [2.05, 4.69) is 28.1 Å². The molecule has 0 bridgehead atoms. The van der Waals surface area contributed by atoms with E-state index in [0.29, 0.717) is 11.8 Å². The van der Waals surface area contributed by atoms with Crippen LogP contribution in [-0.2, 0) is 24.1 Å². The van der Waals surface area contributed by atoms with Crippen LogP contribution in [0.4, 0.5) is 5.82 Å². The van der Waals surface area contributed by atoms with E-state index in [0.717, 1.165) is 50.6 Å². The standard InChI is InChI=1S/C20H27N5O/c1-2-25-17(8-10-22-25)18-14(9-11-26-18)12-21-20-15-4-3-5-16(15)23-19(24-20)13-6-7-13/h8,10,13-14,18H,2-7,9,11-12H2,1H3,(H,21,23,24)/t14-,18+/m0/s1. The molecule has 0 aromatic carbocycles. The van der Waals surface area contributed by atoms with Crippen LogP contribution in [-0.4, -0.2) is 32.9 Å². The van der Waals surface area contributed by atoms with Gasteiger partial charge in [-0.15, -0.1) is 0 Å². The summed E-state index contributed by atoms with van der Waals surface area (Å²) >= 11 is 0. The molecule has 1 aliphatic heterocycles. The normalized spacial score (nSPS) is 24.8. The molecule has 3 heterocycles. The highest BCUT2D eigenvalue weighted by atomic mass is 16.5. The number of aryl methyl sites for hydroxylation is 2. The van der Waals surface area contributed by atoms with E-state index in [4.69, 9.17) is 14.7 Å². The van der Waals surface area contributed by atoms with Crippen molar-refractivity contribution in [3.8, 4) is 0 Å². The Balaban J connectivity index is 1.34. The largest absolute Gasteiger partial charge is 0.372 e. The molecule has 3 aliphatic rings. The third-order valence-electron chi connectivity index (χ3n) is 5.98. The molecule has 6 nitrogen and oxygen atoms in total. The molecule has 2 aromatic rings. The van der Waals surface area contributed by atoms with Gasteiger partial charge in [-0.1, -0.05) is 0 Å². The summed E-state index contributed by atoms with van der Waals surface area (Å²) in [6, 6.07) is 2.10. The number of nitrogens with zero attached hydrogens (tertiary/aromatic N) is 4. The molecule has 0 spiro atoms. The fraction of sp³-hybridized carbons (Fsp3) is 0.650. The van der Waals surface area contributed by atoms with E-state index in [-0.39, 0.29) is 6.10 Å². The lowest BCUT2D eigenvalue weighted by Crippen LogP contribution is -2.21. The zero-order chi connectivity index (χ0) is 17.5. The van der Waals surface area contributed by atoms with Crippen LogP contribution in [0.25, 0.3) is 0 Å². The number of aromatic nitrogens is 4. The van der Waals surface area contributed by atoms with Crippen LogP contribution in [0.1, 0.15) is 67.4 Å². The summed E-state index contributed by atoms with van der Waals surface area (Å²) in [6.07, 6.45) is 9.00. The number of nitrogens with one attached hydrogen (secondary N) is 1. The van der Waals surface area contributed by atoms with Crippen molar-refractivity contribution in [3.63, 3.8) is 0 Å². The molecule has 0 amide bonds. The van der Waals surface area contributed by atoms with E-state index in [1.807, 2.05) is 6.20 Å². The molecule has 1 N–H and O–H groups in total. The topological polar surface area (TPSA) is 64.9 Å². The predicted octanol–water partition coefficient (Wildman–Crippen LogP) is 3.25. The summed E-state index contributed by atoms with van der Waals surface area (Å²) < 4.78 is 8.12. The third-order valence-corrected chi connectivity index (χ3v) is 5.98. The van der Waals surface area contributed by atoms with Crippen molar-refractivity contribution in [2.45, 2.75) is 64.0 Å². The Morgan fingerprint density at radius 2 is 2.15 bits per heavy atom. The summed E-state index contributed by atoms with van der Waals surface area (Å²) in [5.74, 6) is 3.21. The lowest BCUT2D eigenvalue weighted by Gasteiger charge is -2.21. The molecule has 6 heteroatoms. The quantitative estimate of drug-likeness (QED) is 0.864. The summed E-state index contributed by atoms with van der Waals surface area (Å²) in [6.45, 7) is 4.73. The lowest BCUT2D eigenvalue weighted by atomic mass is 9.98. The number of rotatable bonds is 6. The molecule has 1 saturated heterocycles. The minimum Gasteiger partial charge on any atom is -0.372 e. The van der Waals surface area contributed by atoms with Gasteiger partial charge in [0.25, 0.3) is 0 Å². The van der Waals surface area contributed by atoms with Crippen molar-refractivity contribution in [2.24, 2.45) is 5.92 Å². The molecule has 138 valence electrons. The number of ether oxygens (including phenoxy) is 1. The second kappa shape index (κ2) is 6.65. The highest BCUT2D eigenvalue weighted by molar-refractivity contribution is 5.49. The van der Waals surface area contributed by atoms with Crippen LogP contribution < -0.4 is 5.32 Å². The zero-order valence-electron chi connectivity index (χ0n) is 15.4. The van der Waals surface area contributed by atoms with Gasteiger partial charge < -0.3 is 10.1 Å². The van der Waals surface area contributed by atoms with Crippen molar-refractivity contribution < 1.29 is 4.74 Å². The molecule has 2 atom stereocenters. The molecule has 1 saturated carbocycles. The van der Waals surface area contributed by atoms with Gasteiger partial charge in [0.2, 0.25) is 0 Å². The molecule has 26 heavy (non-hydrogen) atoms. The minimum absolute atomic E-state index is 0.128. The highest BCUT2D eigenvalue weighted by Crippen LogP contribution is 2.40. The number of anilines is 1. The Hall–Kier alpha value is -1.95. The van der Waals surface area contributed by atoms with Gasteiger partial charge in [-0.05, 0) is 51.5 Å². The van der Waals surface area contributed by atoms with Gasteiger partial charge in [0.05, 0.1) is 5.69 Å². The second-order valence-electron chi connectivity index (χ2n) is 7.78. The summed E-state index contributed by atoms with van der Waals surface area (Å²) in [5.41, 5.74) is 3.83. The number of hydrogen-bond acceptors (Lipinski definition) is 5. The van der Waals surface area contributed by atoms with E-state index in [9.17, 15) is 0 Å². The van der Waals surface area contributed by atoms with Crippen LogP contribution in [0.3, 0.4) is 0 Å². The molecular formula is C20H27N5O. The second-order valence-corrected chi connectivity index (χ2v) is 7.78. The average Bonchev–Trinajstić information content (AvgIpc) is 3.06. The van der Waals surface area contributed by atoms with Crippen LogP contribution in [0.5, 0.6) is 0 Å². The molecule has 0 unspecified atom stereocenters. The third kappa shape index (κ3) is 2.90. The molecule has 2 aliphatic carbocycles. The number of hydrogen-bond donors (Lipinski definition) is 1. The van der Waals surface area contributed by atoms with Gasteiger partial charge in [-0.25, -0.2) is 9.97 Å². The first-order valence-electron chi connectivity index (χ1n) is 10.1. The highest BCUT2D eigenvalue weighted by Gasteiger charge is 2.33. The van der Waals surface area contributed by atoms with E-state index in [1.165, 1.54) is 36.2 Å². The van der Waals surface area contributed by atoms with Crippen molar-refractivity contribution in [1.29, 1.82) is 0 Å². The van der Waals surface area contributed by atoms with Gasteiger partial charge in [0, 0.05) is 49.0 Å². The number of fused-ring (bicyclic) bond motifs is 1. The maximum atomic E-state index is 6.07. The minimum atomic E-state index is 0.128. The first-order valence-corrected chi connectivity index (χ1v) is 10.1. The Labute approximate surface area is 154 Å². The Morgan fingerprint density at radius 1 is 1.23 bits per heavy atom. The fourth-order valence-corrected chi connectivity index (χ4v) is 4.37. The van der Waals surface area contributed by atoms with Crippen molar-refractivity contribution in [1.82, 2.24) is 19.7 Å². The average molecular weight is 353 g/mol. The summed E-state index contributed by atoms with van der Waals surface area (Å²) in [7, 11) is 0.